The van der Waals surface area contributed by atoms with Gasteiger partial charge in [0.2, 0.25) is 0 Å². The van der Waals surface area contributed by atoms with E-state index >= 15 is 0 Å². The third kappa shape index (κ3) is 64.8. The number of phosphoric ester groups is 2. The molecule has 0 rings (SSSR count). The summed E-state index contributed by atoms with van der Waals surface area (Å²) in [4.78, 5) is 72.6. The molecule has 0 bridgehead atoms. The van der Waals surface area contributed by atoms with Gasteiger partial charge in [-0.1, -0.05) is 323 Å². The fourth-order valence-corrected chi connectivity index (χ4v) is 12.4. The first kappa shape index (κ1) is 88.1. The van der Waals surface area contributed by atoms with E-state index < -0.39 is 97.5 Å². The molecular formula is C71H138O17P2. The third-order valence-electron chi connectivity index (χ3n) is 16.6. The lowest BCUT2D eigenvalue weighted by Gasteiger charge is -2.21. The van der Waals surface area contributed by atoms with E-state index in [0.717, 1.165) is 89.9 Å². The van der Waals surface area contributed by atoms with E-state index in [1.807, 2.05) is 0 Å². The zero-order valence-electron chi connectivity index (χ0n) is 58.1. The van der Waals surface area contributed by atoms with Crippen LogP contribution in [0, 0.1) is 0 Å². The summed E-state index contributed by atoms with van der Waals surface area (Å²) < 4.78 is 68.3. The highest BCUT2D eigenvalue weighted by Crippen LogP contribution is 2.45. The van der Waals surface area contributed by atoms with Crippen molar-refractivity contribution in [3.8, 4) is 0 Å². The first-order valence-corrected chi connectivity index (χ1v) is 40.3. The van der Waals surface area contributed by atoms with E-state index in [4.69, 9.17) is 37.0 Å². The Morgan fingerprint density at radius 1 is 0.267 bits per heavy atom. The Hall–Kier alpha value is -1.94. The summed E-state index contributed by atoms with van der Waals surface area (Å²) in [6, 6.07) is 0. The predicted molar refractivity (Wildman–Crippen MR) is 363 cm³/mol. The van der Waals surface area contributed by atoms with Crippen LogP contribution in [0.5, 0.6) is 0 Å². The monoisotopic (exact) mass is 1320 g/mol. The molecule has 3 unspecified atom stereocenters. The number of hydrogen-bond acceptors (Lipinski definition) is 15. The van der Waals surface area contributed by atoms with Crippen molar-refractivity contribution in [1.82, 2.24) is 0 Å². The molecule has 0 spiro atoms. The molecule has 5 atom stereocenters. The molecule has 19 heteroatoms. The molecule has 0 aliphatic heterocycles. The van der Waals surface area contributed by atoms with Gasteiger partial charge in [-0.15, -0.1) is 0 Å². The lowest BCUT2D eigenvalue weighted by molar-refractivity contribution is -0.161. The Balaban J connectivity index is 5.25. The molecule has 3 N–H and O–H groups in total. The lowest BCUT2D eigenvalue weighted by atomic mass is 10.0. The van der Waals surface area contributed by atoms with Gasteiger partial charge < -0.3 is 33.8 Å². The van der Waals surface area contributed by atoms with Crippen LogP contribution in [0.2, 0.25) is 0 Å². The molecule has 90 heavy (non-hydrogen) atoms. The van der Waals surface area contributed by atoms with Crippen LogP contribution in [0.15, 0.2) is 0 Å². The smallest absolute Gasteiger partial charge is 0.462 e. The van der Waals surface area contributed by atoms with Gasteiger partial charge in [0, 0.05) is 25.7 Å². The number of aliphatic hydroxyl groups excluding tert-OH is 1. The van der Waals surface area contributed by atoms with Crippen molar-refractivity contribution in [3.05, 3.63) is 0 Å². The molecule has 0 heterocycles. The topological polar surface area (TPSA) is 237 Å². The Bertz CT molecular complexity index is 1720. The van der Waals surface area contributed by atoms with Crippen molar-refractivity contribution in [2.45, 2.75) is 393 Å². The summed E-state index contributed by atoms with van der Waals surface area (Å²) in [5.74, 6) is -2.12. The quantitative estimate of drug-likeness (QED) is 0.0222. The van der Waals surface area contributed by atoms with Gasteiger partial charge >= 0.3 is 39.5 Å². The predicted octanol–water partition coefficient (Wildman–Crippen LogP) is 20.7. The number of aliphatic hydroxyl groups is 1. The number of esters is 4. The van der Waals surface area contributed by atoms with Crippen LogP contribution >= 0.6 is 15.6 Å². The minimum Gasteiger partial charge on any atom is -0.462 e. The molecule has 0 aliphatic carbocycles. The Morgan fingerprint density at radius 2 is 0.444 bits per heavy atom. The van der Waals surface area contributed by atoms with Crippen LogP contribution in [-0.4, -0.2) is 96.7 Å². The van der Waals surface area contributed by atoms with E-state index in [2.05, 4.69) is 27.7 Å². The Kier molecular flexibility index (Phi) is 64.3. The van der Waals surface area contributed by atoms with Crippen molar-refractivity contribution in [2.24, 2.45) is 0 Å². The summed E-state index contributed by atoms with van der Waals surface area (Å²) in [6.45, 7) is 4.96. The molecule has 0 aromatic carbocycles. The van der Waals surface area contributed by atoms with Gasteiger partial charge in [-0.05, 0) is 25.7 Å². The summed E-state index contributed by atoms with van der Waals surface area (Å²) >= 11 is 0. The summed E-state index contributed by atoms with van der Waals surface area (Å²) in [7, 11) is -9.90. The van der Waals surface area contributed by atoms with Gasteiger partial charge in [0.25, 0.3) is 0 Å². The highest BCUT2D eigenvalue weighted by molar-refractivity contribution is 7.47. The van der Waals surface area contributed by atoms with Crippen LogP contribution in [-0.2, 0) is 65.4 Å². The molecule has 0 saturated carbocycles. The highest BCUT2D eigenvalue weighted by atomic mass is 31.2. The first-order chi connectivity index (χ1) is 43.7. The number of carbonyl (C=O) groups is 4. The summed E-state index contributed by atoms with van der Waals surface area (Å²) in [6.07, 6.45) is 53.8. The Morgan fingerprint density at radius 3 is 0.656 bits per heavy atom. The van der Waals surface area contributed by atoms with Crippen LogP contribution < -0.4 is 0 Å². The molecule has 17 nitrogen and oxygen atoms in total. The highest BCUT2D eigenvalue weighted by Gasteiger charge is 2.30. The lowest BCUT2D eigenvalue weighted by Crippen LogP contribution is -2.30. The largest absolute Gasteiger partial charge is 0.472 e. The van der Waals surface area contributed by atoms with Gasteiger partial charge in [-0.2, -0.15) is 0 Å². The molecule has 0 saturated heterocycles. The number of unbranched alkanes of at least 4 members (excludes halogenated alkanes) is 46. The number of carbonyl (C=O) groups excluding carboxylic acids is 4. The van der Waals surface area contributed by atoms with E-state index in [-0.39, 0.29) is 25.7 Å². The fourth-order valence-electron chi connectivity index (χ4n) is 10.9. The van der Waals surface area contributed by atoms with E-state index in [1.54, 1.807) is 0 Å². The average Bonchev–Trinajstić information content (AvgIpc) is 3.14. The van der Waals surface area contributed by atoms with E-state index in [9.17, 15) is 43.2 Å². The maximum Gasteiger partial charge on any atom is 0.472 e. The number of hydrogen-bond donors (Lipinski definition) is 3. The average molecular weight is 1330 g/mol. The third-order valence-corrected chi connectivity index (χ3v) is 18.5. The maximum atomic E-state index is 13.0. The zero-order chi connectivity index (χ0) is 66.1. The molecule has 534 valence electrons. The standard InChI is InChI=1S/C71H138O17P2/c1-5-9-13-17-21-25-29-33-37-40-44-48-52-56-69(74)82-62-67(88-71(76)58-54-50-46-42-38-34-30-26-22-18-14-10-6-2)64-86-90(79,80)84-60-65(72)59-83-89(77,78)85-63-66(87-70(75)57-53-49-45-41-36-32-28-24-20-16-12-8-4)61-81-68(73)55-51-47-43-39-35-31-27-23-19-15-11-7-3/h65-67,72H,5-64H2,1-4H3,(H,77,78)(H,79,80)/t65?,66-,67-/m1/s1. The van der Waals surface area contributed by atoms with Crippen molar-refractivity contribution >= 4 is 39.5 Å². The van der Waals surface area contributed by atoms with Gasteiger partial charge in [0.05, 0.1) is 26.4 Å². The molecule has 0 aromatic heterocycles. The maximum absolute atomic E-state index is 13.0. The second-order valence-corrected chi connectivity index (χ2v) is 28.5. The van der Waals surface area contributed by atoms with Crippen molar-refractivity contribution in [3.63, 3.8) is 0 Å². The minimum atomic E-state index is -4.95. The Labute approximate surface area is 549 Å². The van der Waals surface area contributed by atoms with Crippen LogP contribution in [0.25, 0.3) is 0 Å². The van der Waals surface area contributed by atoms with Crippen molar-refractivity contribution in [2.75, 3.05) is 39.6 Å². The van der Waals surface area contributed by atoms with Gasteiger partial charge in [-0.25, -0.2) is 9.13 Å². The van der Waals surface area contributed by atoms with Crippen LogP contribution in [0.4, 0.5) is 0 Å². The number of phosphoric acid groups is 2. The molecular weight excluding hydrogens is 1190 g/mol. The van der Waals surface area contributed by atoms with E-state index in [1.165, 1.54) is 205 Å². The number of ether oxygens (including phenoxy) is 4. The summed E-state index contributed by atoms with van der Waals surface area (Å²) in [5, 5.41) is 10.6. The molecule has 0 fully saturated rings. The van der Waals surface area contributed by atoms with Crippen molar-refractivity contribution < 1.29 is 80.2 Å². The van der Waals surface area contributed by atoms with Crippen molar-refractivity contribution in [1.29, 1.82) is 0 Å². The van der Waals surface area contributed by atoms with Gasteiger partial charge in [-0.3, -0.25) is 37.3 Å². The first-order valence-electron chi connectivity index (χ1n) is 37.3. The fraction of sp³-hybridized carbons (Fsp3) is 0.944. The molecule has 0 aliphatic rings. The number of rotatable bonds is 72. The van der Waals surface area contributed by atoms with E-state index in [0.29, 0.717) is 25.7 Å². The SMILES string of the molecule is CCCCCCCCCCCCCCCC(=O)OC[C@H](COP(=O)(O)OCC(O)COP(=O)(O)OC[C@@H](COC(=O)CCCCCCCCCCCCCC)OC(=O)CCCCCCCCCCCCCC)OC(=O)CCCCCCCCCCCCCCC. The minimum absolute atomic E-state index is 0.108. The second kappa shape index (κ2) is 65.7. The van der Waals surface area contributed by atoms with Gasteiger partial charge in [0.1, 0.15) is 19.3 Å². The second-order valence-electron chi connectivity index (χ2n) is 25.6. The molecule has 0 amide bonds. The normalized spacial score (nSPS) is 14.0. The summed E-state index contributed by atoms with van der Waals surface area (Å²) in [5.41, 5.74) is 0. The van der Waals surface area contributed by atoms with Crippen LogP contribution in [0.1, 0.15) is 374 Å². The zero-order valence-corrected chi connectivity index (χ0v) is 59.9. The molecule has 0 radical (unpaired) electrons. The van der Waals surface area contributed by atoms with Crippen LogP contribution in [0.3, 0.4) is 0 Å². The molecule has 0 aromatic rings. The van der Waals surface area contributed by atoms with Gasteiger partial charge in [0.15, 0.2) is 12.2 Å².